The molecular weight excluding hydrogens is 268 g/mol. The number of hydrogen-bond acceptors (Lipinski definition) is 4. The molecule has 2 aliphatic rings. The predicted octanol–water partition coefficient (Wildman–Crippen LogP) is 1.62. The van der Waals surface area contributed by atoms with Gasteiger partial charge in [-0.05, 0) is 37.3 Å². The molecule has 1 aromatic rings. The van der Waals surface area contributed by atoms with Crippen LogP contribution < -0.4 is 10.1 Å². The number of carbonyl (C=O) groups is 1. The molecule has 5 nitrogen and oxygen atoms in total. The molecular formula is C16H18N2O3. The zero-order valence-corrected chi connectivity index (χ0v) is 11.7. The fourth-order valence-corrected chi connectivity index (χ4v) is 2.73. The van der Waals surface area contributed by atoms with Crippen LogP contribution in [-0.2, 0) is 9.53 Å². The Hall–Kier alpha value is -2.06. The first-order valence-electron chi connectivity index (χ1n) is 7.31. The highest BCUT2D eigenvalue weighted by Crippen LogP contribution is 2.38. The Balaban J connectivity index is 1.51. The van der Waals surface area contributed by atoms with Gasteiger partial charge in [0.2, 0.25) is 0 Å². The second-order valence-corrected chi connectivity index (χ2v) is 5.53. The van der Waals surface area contributed by atoms with Gasteiger partial charge in [-0.2, -0.15) is 5.26 Å². The van der Waals surface area contributed by atoms with Gasteiger partial charge in [0.05, 0.1) is 17.7 Å². The number of para-hydroxylation sites is 1. The summed E-state index contributed by atoms with van der Waals surface area (Å²) in [4.78, 5) is 12.0. The normalized spacial score (nSPS) is 24.3. The van der Waals surface area contributed by atoms with Crippen LogP contribution in [0.25, 0.3) is 0 Å². The highest BCUT2D eigenvalue weighted by Gasteiger charge is 2.41. The number of nitriles is 1. The van der Waals surface area contributed by atoms with Crippen molar-refractivity contribution in [1.29, 1.82) is 5.26 Å². The van der Waals surface area contributed by atoms with E-state index in [2.05, 4.69) is 5.32 Å². The van der Waals surface area contributed by atoms with Crippen LogP contribution in [0.3, 0.4) is 0 Å². The van der Waals surface area contributed by atoms with Gasteiger partial charge in [0.1, 0.15) is 11.8 Å². The molecule has 0 spiro atoms. The van der Waals surface area contributed by atoms with Crippen molar-refractivity contribution in [2.45, 2.75) is 31.4 Å². The molecule has 1 aromatic carbocycles. The summed E-state index contributed by atoms with van der Waals surface area (Å²) in [5, 5.41) is 12.0. The Morgan fingerprint density at radius 2 is 2.19 bits per heavy atom. The number of hydrogen-bond donors (Lipinski definition) is 1. The minimum Gasteiger partial charge on any atom is -0.482 e. The van der Waals surface area contributed by atoms with Gasteiger partial charge in [0, 0.05) is 6.61 Å². The maximum absolute atomic E-state index is 12.0. The Morgan fingerprint density at radius 3 is 2.95 bits per heavy atom. The molecule has 5 heteroatoms. The smallest absolute Gasteiger partial charge is 0.258 e. The molecule has 21 heavy (non-hydrogen) atoms. The van der Waals surface area contributed by atoms with Gasteiger partial charge in [0.15, 0.2) is 6.61 Å². The lowest BCUT2D eigenvalue weighted by molar-refractivity contribution is -0.124. The summed E-state index contributed by atoms with van der Waals surface area (Å²) in [6, 6.07) is 9.05. The first-order valence-corrected chi connectivity index (χ1v) is 7.31. The van der Waals surface area contributed by atoms with E-state index in [9.17, 15) is 4.79 Å². The van der Waals surface area contributed by atoms with Gasteiger partial charge < -0.3 is 14.8 Å². The van der Waals surface area contributed by atoms with Gasteiger partial charge in [0.25, 0.3) is 5.91 Å². The van der Waals surface area contributed by atoms with Crippen molar-refractivity contribution in [3.05, 3.63) is 29.8 Å². The number of amides is 1. The molecule has 1 heterocycles. The van der Waals surface area contributed by atoms with E-state index in [1.807, 2.05) is 6.07 Å². The fourth-order valence-electron chi connectivity index (χ4n) is 2.73. The van der Waals surface area contributed by atoms with Crippen LogP contribution in [0.5, 0.6) is 5.75 Å². The van der Waals surface area contributed by atoms with Gasteiger partial charge in [-0.1, -0.05) is 12.1 Å². The highest BCUT2D eigenvalue weighted by molar-refractivity contribution is 5.78. The molecule has 0 bridgehead atoms. The molecule has 110 valence electrons. The Labute approximate surface area is 123 Å². The fraction of sp³-hybridized carbons (Fsp3) is 0.500. The zero-order chi connectivity index (χ0) is 14.7. The predicted molar refractivity (Wildman–Crippen MR) is 75.7 cm³/mol. The van der Waals surface area contributed by atoms with Crippen LogP contribution >= 0.6 is 0 Å². The van der Waals surface area contributed by atoms with Gasteiger partial charge in [-0.15, -0.1) is 0 Å². The summed E-state index contributed by atoms with van der Waals surface area (Å²) in [6.45, 7) is 0.636. The van der Waals surface area contributed by atoms with E-state index in [0.717, 1.165) is 6.42 Å². The summed E-state index contributed by atoms with van der Waals surface area (Å²) in [7, 11) is 0. The van der Waals surface area contributed by atoms with E-state index in [1.165, 1.54) is 12.8 Å². The molecule has 1 N–H and O–H groups in total. The topological polar surface area (TPSA) is 71.3 Å². The van der Waals surface area contributed by atoms with Gasteiger partial charge in [-0.25, -0.2) is 0 Å². The van der Waals surface area contributed by atoms with E-state index < -0.39 is 0 Å². The molecule has 2 atom stereocenters. The number of carbonyl (C=O) groups excluding carboxylic acids is 1. The third-order valence-electron chi connectivity index (χ3n) is 3.94. The van der Waals surface area contributed by atoms with Crippen LogP contribution in [0.4, 0.5) is 0 Å². The lowest BCUT2D eigenvalue weighted by Gasteiger charge is -2.19. The Morgan fingerprint density at radius 1 is 1.38 bits per heavy atom. The van der Waals surface area contributed by atoms with Gasteiger partial charge >= 0.3 is 0 Å². The Kier molecular flexibility index (Phi) is 4.07. The van der Waals surface area contributed by atoms with Crippen molar-refractivity contribution in [2.24, 2.45) is 5.92 Å². The first kappa shape index (κ1) is 13.9. The average Bonchev–Trinajstić information content (AvgIpc) is 3.25. The highest BCUT2D eigenvalue weighted by atomic mass is 16.5. The summed E-state index contributed by atoms with van der Waals surface area (Å²) in [5.41, 5.74) is 0.436. The lowest BCUT2D eigenvalue weighted by atomic mass is 10.1. The van der Waals surface area contributed by atoms with Crippen LogP contribution in [0.2, 0.25) is 0 Å². The molecule has 0 radical (unpaired) electrons. The van der Waals surface area contributed by atoms with Crippen LogP contribution in [0.15, 0.2) is 24.3 Å². The molecule has 1 saturated carbocycles. The Bertz CT molecular complexity index is 563. The summed E-state index contributed by atoms with van der Waals surface area (Å²) in [6.07, 6.45) is 3.42. The van der Waals surface area contributed by atoms with Crippen molar-refractivity contribution in [1.82, 2.24) is 5.32 Å². The van der Waals surface area contributed by atoms with E-state index in [0.29, 0.717) is 23.8 Å². The second-order valence-electron chi connectivity index (χ2n) is 5.53. The summed E-state index contributed by atoms with van der Waals surface area (Å²) >= 11 is 0. The molecule has 2 unspecified atom stereocenters. The molecule has 0 aromatic heterocycles. The first-order chi connectivity index (χ1) is 10.3. The number of nitrogens with zero attached hydrogens (tertiary/aromatic N) is 1. The van der Waals surface area contributed by atoms with Crippen LogP contribution in [-0.4, -0.2) is 31.3 Å². The van der Waals surface area contributed by atoms with E-state index in [1.54, 1.807) is 24.3 Å². The third-order valence-corrected chi connectivity index (χ3v) is 3.94. The third kappa shape index (κ3) is 3.34. The SMILES string of the molecule is N#Cc1ccccc1OCC(=O)NC1CCOC1C1CC1. The number of rotatable bonds is 5. The van der Waals surface area contributed by atoms with Gasteiger partial charge in [-0.3, -0.25) is 4.79 Å². The molecule has 1 aliphatic heterocycles. The minimum atomic E-state index is -0.163. The van der Waals surface area contributed by atoms with Crippen molar-refractivity contribution < 1.29 is 14.3 Å². The standard InChI is InChI=1S/C16H18N2O3/c17-9-12-3-1-2-4-14(12)21-10-15(19)18-13-7-8-20-16(13)11-5-6-11/h1-4,11,13,16H,5-8,10H2,(H,18,19). The quantitative estimate of drug-likeness (QED) is 0.893. The second kappa shape index (κ2) is 6.15. The van der Waals surface area contributed by atoms with E-state index in [-0.39, 0.29) is 24.7 Å². The molecule has 1 saturated heterocycles. The largest absolute Gasteiger partial charge is 0.482 e. The van der Waals surface area contributed by atoms with Crippen LogP contribution in [0, 0.1) is 17.2 Å². The zero-order valence-electron chi connectivity index (χ0n) is 11.7. The molecule has 1 aliphatic carbocycles. The number of nitrogens with one attached hydrogen (secondary N) is 1. The van der Waals surface area contributed by atoms with Crippen molar-refractivity contribution >= 4 is 5.91 Å². The van der Waals surface area contributed by atoms with Crippen LogP contribution in [0.1, 0.15) is 24.8 Å². The minimum absolute atomic E-state index is 0.0768. The molecule has 2 fully saturated rings. The number of benzene rings is 1. The average molecular weight is 286 g/mol. The lowest BCUT2D eigenvalue weighted by Crippen LogP contribution is -2.43. The number of ether oxygens (including phenoxy) is 2. The molecule has 3 rings (SSSR count). The maximum Gasteiger partial charge on any atom is 0.258 e. The maximum atomic E-state index is 12.0. The van der Waals surface area contributed by atoms with E-state index in [4.69, 9.17) is 14.7 Å². The monoisotopic (exact) mass is 286 g/mol. The van der Waals surface area contributed by atoms with Crippen molar-refractivity contribution in [3.63, 3.8) is 0 Å². The van der Waals surface area contributed by atoms with Crippen molar-refractivity contribution in [2.75, 3.05) is 13.2 Å². The summed E-state index contributed by atoms with van der Waals surface area (Å²) < 4.78 is 11.1. The summed E-state index contributed by atoms with van der Waals surface area (Å²) in [5.74, 6) is 0.887. The van der Waals surface area contributed by atoms with E-state index >= 15 is 0 Å². The molecule has 1 amide bonds. The van der Waals surface area contributed by atoms with Crippen molar-refractivity contribution in [3.8, 4) is 11.8 Å².